The number of thioether (sulfide) groups is 1. The van der Waals surface area contributed by atoms with Crippen LogP contribution in [0.3, 0.4) is 0 Å². The number of pyridine rings is 1. The van der Waals surface area contributed by atoms with Crippen LogP contribution in [0.5, 0.6) is 0 Å². The summed E-state index contributed by atoms with van der Waals surface area (Å²) in [6.45, 7) is 6.26. The zero-order valence-corrected chi connectivity index (χ0v) is 13.2. The van der Waals surface area contributed by atoms with Gasteiger partial charge in [-0.3, -0.25) is 9.78 Å². The van der Waals surface area contributed by atoms with E-state index in [0.29, 0.717) is 17.5 Å². The highest BCUT2D eigenvalue weighted by molar-refractivity contribution is 7.99. The number of nitrogens with one attached hydrogen (secondary N) is 1. The first-order valence-corrected chi connectivity index (χ1v) is 7.65. The third-order valence-corrected chi connectivity index (χ3v) is 3.71. The van der Waals surface area contributed by atoms with E-state index in [1.54, 1.807) is 6.20 Å². The molecule has 0 atom stereocenters. The first kappa shape index (κ1) is 15.4. The van der Waals surface area contributed by atoms with Gasteiger partial charge in [-0.25, -0.2) is 9.97 Å². The van der Waals surface area contributed by atoms with Crippen LogP contribution in [0.2, 0.25) is 0 Å². The Morgan fingerprint density at radius 3 is 2.62 bits per heavy atom. The Kier molecular flexibility index (Phi) is 5.27. The number of carbonyl (C=O) groups excluding carboxylic acids is 1. The van der Waals surface area contributed by atoms with Gasteiger partial charge in [-0.15, -0.1) is 0 Å². The van der Waals surface area contributed by atoms with Crippen LogP contribution in [0.25, 0.3) is 0 Å². The number of nitrogens with zero attached hydrogens (tertiary/aromatic N) is 3. The van der Waals surface area contributed by atoms with Gasteiger partial charge in [-0.1, -0.05) is 17.8 Å². The van der Waals surface area contributed by atoms with Crippen molar-refractivity contribution >= 4 is 17.7 Å². The molecule has 0 bridgehead atoms. The normalized spacial score (nSPS) is 10.4. The summed E-state index contributed by atoms with van der Waals surface area (Å²) in [6, 6.07) is 5.77. The smallest absolute Gasteiger partial charge is 0.230 e. The Labute approximate surface area is 128 Å². The Bertz CT molecular complexity index is 625. The number of hydrogen-bond donors (Lipinski definition) is 1. The molecule has 1 amide bonds. The van der Waals surface area contributed by atoms with Crippen LogP contribution in [0.4, 0.5) is 0 Å². The summed E-state index contributed by atoms with van der Waals surface area (Å²) in [5, 5.41) is 3.50. The van der Waals surface area contributed by atoms with Crippen LogP contribution in [-0.2, 0) is 11.3 Å². The maximum atomic E-state index is 11.9. The Morgan fingerprint density at radius 2 is 1.95 bits per heavy atom. The molecule has 0 fully saturated rings. The second-order valence-corrected chi connectivity index (χ2v) is 5.71. The van der Waals surface area contributed by atoms with E-state index in [0.717, 1.165) is 22.6 Å². The highest BCUT2D eigenvalue weighted by Crippen LogP contribution is 2.13. The second-order valence-electron chi connectivity index (χ2n) is 4.77. The van der Waals surface area contributed by atoms with Crippen molar-refractivity contribution in [3.8, 4) is 0 Å². The Hall–Kier alpha value is -1.95. The maximum absolute atomic E-state index is 11.9. The van der Waals surface area contributed by atoms with Gasteiger partial charge in [0.15, 0.2) is 5.16 Å². The Balaban J connectivity index is 1.84. The quantitative estimate of drug-likeness (QED) is 0.677. The monoisotopic (exact) mass is 302 g/mol. The molecule has 2 aromatic rings. The number of aromatic nitrogens is 3. The minimum Gasteiger partial charge on any atom is -0.350 e. The molecule has 0 aliphatic carbocycles. The lowest BCUT2D eigenvalue weighted by molar-refractivity contribution is -0.118. The molecule has 21 heavy (non-hydrogen) atoms. The standard InChI is InChI=1S/C15H18N4OS/c1-10-5-4-6-16-13(10)8-17-14(20)9-21-15-18-11(2)7-12(3)19-15/h4-7H,8-9H2,1-3H3,(H,17,20). The van der Waals surface area contributed by atoms with E-state index in [1.807, 2.05) is 39.0 Å². The first-order chi connectivity index (χ1) is 10.0. The van der Waals surface area contributed by atoms with Crippen LogP contribution in [0, 0.1) is 20.8 Å². The SMILES string of the molecule is Cc1cc(C)nc(SCC(=O)NCc2ncccc2C)n1. The van der Waals surface area contributed by atoms with E-state index in [4.69, 9.17) is 0 Å². The van der Waals surface area contributed by atoms with Crippen molar-refractivity contribution in [2.45, 2.75) is 32.5 Å². The number of aryl methyl sites for hydroxylation is 3. The molecule has 6 heteroatoms. The lowest BCUT2D eigenvalue weighted by Crippen LogP contribution is -2.25. The highest BCUT2D eigenvalue weighted by Gasteiger charge is 2.07. The largest absolute Gasteiger partial charge is 0.350 e. The van der Waals surface area contributed by atoms with Gasteiger partial charge < -0.3 is 5.32 Å². The fourth-order valence-corrected chi connectivity index (χ4v) is 2.60. The van der Waals surface area contributed by atoms with Crippen molar-refractivity contribution in [3.63, 3.8) is 0 Å². The van der Waals surface area contributed by atoms with E-state index in [-0.39, 0.29) is 5.91 Å². The summed E-state index contributed by atoms with van der Waals surface area (Å²) in [6.07, 6.45) is 1.73. The molecular formula is C15H18N4OS. The number of rotatable bonds is 5. The molecule has 0 aliphatic rings. The van der Waals surface area contributed by atoms with Gasteiger partial charge in [0.05, 0.1) is 18.0 Å². The summed E-state index contributed by atoms with van der Waals surface area (Å²) in [4.78, 5) is 24.7. The number of amides is 1. The molecule has 0 saturated carbocycles. The van der Waals surface area contributed by atoms with Gasteiger partial charge in [-0.05, 0) is 38.5 Å². The number of carbonyl (C=O) groups is 1. The van der Waals surface area contributed by atoms with Gasteiger partial charge in [0.2, 0.25) is 5.91 Å². The van der Waals surface area contributed by atoms with Crippen LogP contribution < -0.4 is 5.32 Å². The molecule has 0 spiro atoms. The average Bonchev–Trinajstić information content (AvgIpc) is 2.43. The van der Waals surface area contributed by atoms with Gasteiger partial charge in [0.1, 0.15) is 0 Å². The predicted octanol–water partition coefficient (Wildman–Crippen LogP) is 2.21. The topological polar surface area (TPSA) is 67.8 Å². The van der Waals surface area contributed by atoms with Gasteiger partial charge >= 0.3 is 0 Å². The molecule has 5 nitrogen and oxygen atoms in total. The van der Waals surface area contributed by atoms with Crippen molar-refractivity contribution in [1.82, 2.24) is 20.3 Å². The summed E-state index contributed by atoms with van der Waals surface area (Å²) in [7, 11) is 0. The van der Waals surface area contributed by atoms with E-state index >= 15 is 0 Å². The van der Waals surface area contributed by atoms with Crippen LogP contribution >= 0.6 is 11.8 Å². The minimum atomic E-state index is -0.0483. The van der Waals surface area contributed by atoms with Gasteiger partial charge in [0.25, 0.3) is 0 Å². The van der Waals surface area contributed by atoms with Crippen LogP contribution in [-0.4, -0.2) is 26.6 Å². The van der Waals surface area contributed by atoms with Crippen molar-refractivity contribution in [2.75, 3.05) is 5.75 Å². The van der Waals surface area contributed by atoms with Crippen molar-refractivity contribution < 1.29 is 4.79 Å². The van der Waals surface area contributed by atoms with E-state index in [2.05, 4.69) is 20.3 Å². The molecule has 0 aliphatic heterocycles. The van der Waals surface area contributed by atoms with Crippen molar-refractivity contribution in [2.24, 2.45) is 0 Å². The fraction of sp³-hybridized carbons (Fsp3) is 0.333. The van der Waals surface area contributed by atoms with Crippen molar-refractivity contribution in [3.05, 3.63) is 47.0 Å². The summed E-state index contributed by atoms with van der Waals surface area (Å²) < 4.78 is 0. The third kappa shape index (κ3) is 4.82. The van der Waals surface area contributed by atoms with E-state index in [9.17, 15) is 4.79 Å². The zero-order valence-electron chi connectivity index (χ0n) is 12.4. The lowest BCUT2D eigenvalue weighted by atomic mass is 10.2. The first-order valence-electron chi connectivity index (χ1n) is 6.67. The summed E-state index contributed by atoms with van der Waals surface area (Å²) in [5.74, 6) is 0.252. The average molecular weight is 302 g/mol. The molecule has 110 valence electrons. The van der Waals surface area contributed by atoms with E-state index in [1.165, 1.54) is 11.8 Å². The molecular weight excluding hydrogens is 284 g/mol. The van der Waals surface area contributed by atoms with Crippen molar-refractivity contribution in [1.29, 1.82) is 0 Å². The Morgan fingerprint density at radius 1 is 1.24 bits per heavy atom. The van der Waals surface area contributed by atoms with E-state index < -0.39 is 0 Å². The molecule has 0 radical (unpaired) electrons. The second kappa shape index (κ2) is 7.17. The van der Waals surface area contributed by atoms with Gasteiger partial charge in [-0.2, -0.15) is 0 Å². The molecule has 0 unspecified atom stereocenters. The zero-order chi connectivity index (χ0) is 15.2. The molecule has 0 saturated heterocycles. The third-order valence-electron chi connectivity index (χ3n) is 2.86. The number of hydrogen-bond acceptors (Lipinski definition) is 5. The molecule has 2 rings (SSSR count). The highest BCUT2D eigenvalue weighted by atomic mass is 32.2. The molecule has 2 aromatic heterocycles. The maximum Gasteiger partial charge on any atom is 0.230 e. The summed E-state index contributed by atoms with van der Waals surface area (Å²) >= 11 is 1.34. The van der Waals surface area contributed by atoms with Crippen LogP contribution in [0.15, 0.2) is 29.6 Å². The summed E-state index contributed by atoms with van der Waals surface area (Å²) in [5.41, 5.74) is 3.78. The lowest BCUT2D eigenvalue weighted by Gasteiger charge is -2.07. The fourth-order valence-electron chi connectivity index (χ4n) is 1.83. The van der Waals surface area contributed by atoms with Gasteiger partial charge in [0, 0.05) is 17.6 Å². The molecule has 1 N–H and O–H groups in total. The molecule has 0 aromatic carbocycles. The molecule has 2 heterocycles. The predicted molar refractivity (Wildman–Crippen MR) is 83.1 cm³/mol. The minimum absolute atomic E-state index is 0.0483. The van der Waals surface area contributed by atoms with Crippen LogP contribution in [0.1, 0.15) is 22.6 Å².